The molecule has 0 radical (unpaired) electrons. The number of carbonyl (C=O) groups excluding carboxylic acids is 3. The normalized spacial score (nSPS) is 17.6. The lowest BCUT2D eigenvalue weighted by Crippen LogP contribution is -2.61. The summed E-state index contributed by atoms with van der Waals surface area (Å²) >= 11 is 0. The van der Waals surface area contributed by atoms with Gasteiger partial charge in [0.1, 0.15) is 18.1 Å². The number of urea groups is 1. The molecule has 9 heteroatoms. The van der Waals surface area contributed by atoms with Crippen LogP contribution in [0.4, 0.5) is 16.2 Å². The number of rotatable bonds is 8. The molecule has 4 N–H and O–H groups in total. The Morgan fingerprint density at radius 2 is 1.69 bits per heavy atom. The Bertz CT molecular complexity index is 868. The van der Waals surface area contributed by atoms with Crippen molar-refractivity contribution >= 4 is 35.2 Å². The third-order valence-corrected chi connectivity index (χ3v) is 5.37. The molecule has 2 rings (SSSR count). The SMILES string of the molecule is CC(C)C[C@@H](NC(=O)[C@@H](NC(=O)N1c2ccccc2NC(=O)[C@@H]1C(C)C)C(C)C)C(=O)O. The molecule has 1 aliphatic heterocycles. The maximum absolute atomic E-state index is 13.4. The van der Waals surface area contributed by atoms with E-state index < -0.39 is 36.0 Å². The van der Waals surface area contributed by atoms with Gasteiger partial charge in [-0.1, -0.05) is 53.7 Å². The number of amides is 4. The predicted molar refractivity (Wildman–Crippen MR) is 122 cm³/mol. The summed E-state index contributed by atoms with van der Waals surface area (Å²) in [6.45, 7) is 10.9. The minimum absolute atomic E-state index is 0.0682. The second-order valence-electron chi connectivity index (χ2n) is 9.27. The average Bonchev–Trinajstić information content (AvgIpc) is 2.69. The van der Waals surface area contributed by atoms with Crippen LogP contribution in [0.2, 0.25) is 0 Å². The van der Waals surface area contributed by atoms with Crippen LogP contribution in [0.5, 0.6) is 0 Å². The smallest absolute Gasteiger partial charge is 0.326 e. The van der Waals surface area contributed by atoms with E-state index in [1.807, 2.05) is 27.7 Å². The van der Waals surface area contributed by atoms with Crippen LogP contribution in [0.3, 0.4) is 0 Å². The van der Waals surface area contributed by atoms with Gasteiger partial charge in [0.15, 0.2) is 0 Å². The molecule has 0 bridgehead atoms. The number of hydrogen-bond donors (Lipinski definition) is 4. The molecule has 4 amide bonds. The zero-order valence-electron chi connectivity index (χ0n) is 19.5. The van der Waals surface area contributed by atoms with Gasteiger partial charge in [-0.25, -0.2) is 9.59 Å². The fourth-order valence-electron chi connectivity index (χ4n) is 3.79. The highest BCUT2D eigenvalue weighted by atomic mass is 16.4. The fraction of sp³-hybridized carbons (Fsp3) is 0.565. The molecule has 1 aliphatic rings. The van der Waals surface area contributed by atoms with Crippen molar-refractivity contribution in [2.75, 3.05) is 10.2 Å². The Morgan fingerprint density at radius 1 is 1.06 bits per heavy atom. The Labute approximate surface area is 188 Å². The molecule has 0 unspecified atom stereocenters. The van der Waals surface area contributed by atoms with Crippen molar-refractivity contribution in [3.8, 4) is 0 Å². The number of anilines is 2. The van der Waals surface area contributed by atoms with E-state index in [9.17, 15) is 24.3 Å². The summed E-state index contributed by atoms with van der Waals surface area (Å²) in [6.07, 6.45) is 0.273. The minimum atomic E-state index is -1.12. The van der Waals surface area contributed by atoms with Gasteiger partial charge >= 0.3 is 12.0 Å². The van der Waals surface area contributed by atoms with Crippen molar-refractivity contribution in [1.82, 2.24) is 10.6 Å². The lowest BCUT2D eigenvalue weighted by atomic mass is 9.97. The number of aliphatic carboxylic acids is 1. The van der Waals surface area contributed by atoms with Crippen molar-refractivity contribution in [3.05, 3.63) is 24.3 Å². The van der Waals surface area contributed by atoms with Gasteiger partial charge in [-0.3, -0.25) is 14.5 Å². The first kappa shape index (κ1) is 25.2. The van der Waals surface area contributed by atoms with Crippen molar-refractivity contribution in [2.45, 2.75) is 66.1 Å². The van der Waals surface area contributed by atoms with Crippen molar-refractivity contribution in [3.63, 3.8) is 0 Å². The van der Waals surface area contributed by atoms with Gasteiger partial charge in [-0.05, 0) is 36.3 Å². The van der Waals surface area contributed by atoms with Crippen LogP contribution in [-0.4, -0.2) is 47.0 Å². The molecule has 3 atom stereocenters. The number of nitrogens with zero attached hydrogens (tertiary/aromatic N) is 1. The number of carboxylic acid groups (broad SMARTS) is 1. The highest BCUT2D eigenvalue weighted by Gasteiger charge is 2.40. The first-order valence-electron chi connectivity index (χ1n) is 11.0. The lowest BCUT2D eigenvalue weighted by Gasteiger charge is -2.39. The highest BCUT2D eigenvalue weighted by Crippen LogP contribution is 2.34. The summed E-state index contributed by atoms with van der Waals surface area (Å²) in [4.78, 5) is 52.0. The molecule has 0 saturated heterocycles. The fourth-order valence-corrected chi connectivity index (χ4v) is 3.79. The predicted octanol–water partition coefficient (Wildman–Crippen LogP) is 2.82. The van der Waals surface area contributed by atoms with Crippen LogP contribution in [0.25, 0.3) is 0 Å². The van der Waals surface area contributed by atoms with E-state index in [1.54, 1.807) is 38.1 Å². The molecule has 1 heterocycles. The van der Waals surface area contributed by atoms with E-state index in [1.165, 1.54) is 4.90 Å². The Hall–Kier alpha value is -3.10. The first-order valence-corrected chi connectivity index (χ1v) is 11.0. The summed E-state index contributed by atoms with van der Waals surface area (Å²) < 4.78 is 0. The first-order chi connectivity index (χ1) is 14.9. The second-order valence-corrected chi connectivity index (χ2v) is 9.27. The monoisotopic (exact) mass is 446 g/mol. The number of hydrogen-bond acceptors (Lipinski definition) is 4. The molecular weight excluding hydrogens is 412 g/mol. The molecular formula is C23H34N4O5. The van der Waals surface area contributed by atoms with Gasteiger partial charge in [0.05, 0.1) is 11.4 Å². The standard InChI is InChI=1S/C23H34N4O5/c1-12(2)11-16(22(30)31)25-20(28)18(13(3)4)26-23(32)27-17-10-8-7-9-15(17)24-21(29)19(27)14(5)6/h7-10,12-14,16,18-19H,11H2,1-6H3,(H,24,29)(H,25,28)(H,26,32)(H,30,31)/t16-,18+,19+/m1/s1. The molecule has 9 nitrogen and oxygen atoms in total. The van der Waals surface area contributed by atoms with E-state index in [2.05, 4.69) is 16.0 Å². The highest BCUT2D eigenvalue weighted by molar-refractivity contribution is 6.12. The number of fused-ring (bicyclic) bond motifs is 1. The summed E-state index contributed by atoms with van der Waals surface area (Å²) in [5.41, 5.74) is 1.05. The van der Waals surface area contributed by atoms with E-state index in [0.29, 0.717) is 11.4 Å². The van der Waals surface area contributed by atoms with Gasteiger partial charge < -0.3 is 21.1 Å². The van der Waals surface area contributed by atoms with Crippen LogP contribution in [0.15, 0.2) is 24.3 Å². The van der Waals surface area contributed by atoms with Gasteiger partial charge in [0, 0.05) is 0 Å². The van der Waals surface area contributed by atoms with Crippen molar-refractivity contribution in [2.24, 2.45) is 17.8 Å². The minimum Gasteiger partial charge on any atom is -0.480 e. The van der Waals surface area contributed by atoms with Crippen LogP contribution < -0.4 is 20.9 Å². The average molecular weight is 447 g/mol. The van der Waals surface area contributed by atoms with E-state index in [4.69, 9.17) is 0 Å². The van der Waals surface area contributed by atoms with Gasteiger partial charge in [-0.2, -0.15) is 0 Å². The summed E-state index contributed by atoms with van der Waals surface area (Å²) in [7, 11) is 0. The zero-order chi connectivity index (χ0) is 24.2. The van der Waals surface area contributed by atoms with Gasteiger partial charge in [0.25, 0.3) is 0 Å². The van der Waals surface area contributed by atoms with Crippen molar-refractivity contribution < 1.29 is 24.3 Å². The number of carboxylic acids is 1. The summed E-state index contributed by atoms with van der Waals surface area (Å²) in [5, 5.41) is 17.6. The van der Waals surface area contributed by atoms with Crippen LogP contribution in [-0.2, 0) is 14.4 Å². The molecule has 0 spiro atoms. The molecule has 1 aromatic rings. The number of nitrogens with one attached hydrogen (secondary N) is 3. The van der Waals surface area contributed by atoms with Crippen molar-refractivity contribution in [1.29, 1.82) is 0 Å². The molecule has 0 aromatic heterocycles. The molecule has 0 aliphatic carbocycles. The topological polar surface area (TPSA) is 128 Å². The lowest BCUT2D eigenvalue weighted by molar-refractivity contribution is -0.142. The largest absolute Gasteiger partial charge is 0.480 e. The van der Waals surface area contributed by atoms with Gasteiger partial charge in [-0.15, -0.1) is 0 Å². The quantitative estimate of drug-likeness (QED) is 0.488. The molecule has 0 fully saturated rings. The Kier molecular flexibility index (Phi) is 8.24. The third kappa shape index (κ3) is 5.77. The maximum Gasteiger partial charge on any atom is 0.326 e. The molecule has 0 saturated carbocycles. The molecule has 176 valence electrons. The Balaban J connectivity index is 2.30. The van der Waals surface area contributed by atoms with Crippen LogP contribution in [0, 0.1) is 17.8 Å². The zero-order valence-corrected chi connectivity index (χ0v) is 19.5. The maximum atomic E-state index is 13.4. The van der Waals surface area contributed by atoms with Gasteiger partial charge in [0.2, 0.25) is 11.8 Å². The summed E-state index contributed by atoms with van der Waals surface area (Å²) in [6, 6.07) is 3.60. The number of carbonyl (C=O) groups is 4. The summed E-state index contributed by atoms with van der Waals surface area (Å²) in [5.74, 6) is -2.41. The van der Waals surface area contributed by atoms with E-state index >= 15 is 0 Å². The van der Waals surface area contributed by atoms with Crippen LogP contribution >= 0.6 is 0 Å². The van der Waals surface area contributed by atoms with E-state index in [0.717, 1.165) is 0 Å². The Morgan fingerprint density at radius 3 is 2.22 bits per heavy atom. The van der Waals surface area contributed by atoms with E-state index in [-0.39, 0.29) is 30.1 Å². The molecule has 1 aromatic carbocycles. The van der Waals surface area contributed by atoms with Crippen LogP contribution in [0.1, 0.15) is 48.0 Å². The third-order valence-electron chi connectivity index (χ3n) is 5.37. The number of benzene rings is 1. The number of para-hydroxylation sites is 2. The molecule has 32 heavy (non-hydrogen) atoms. The second kappa shape index (κ2) is 10.5.